The van der Waals surface area contributed by atoms with Gasteiger partial charge in [-0.05, 0) is 31.0 Å². The summed E-state index contributed by atoms with van der Waals surface area (Å²) in [6.07, 6.45) is 0. The molecular weight excluding hydrogens is 497 g/mol. The van der Waals surface area contributed by atoms with Gasteiger partial charge in [-0.15, -0.1) is 24.0 Å². The van der Waals surface area contributed by atoms with E-state index in [1.165, 1.54) is 13.2 Å². The Bertz CT molecular complexity index is 785. The van der Waals surface area contributed by atoms with Gasteiger partial charge in [-0.3, -0.25) is 0 Å². The molecule has 0 fully saturated rings. The summed E-state index contributed by atoms with van der Waals surface area (Å²) < 4.78 is 40.3. The van der Waals surface area contributed by atoms with E-state index in [4.69, 9.17) is 9.26 Å². The fourth-order valence-corrected chi connectivity index (χ4v) is 2.38. The Morgan fingerprint density at radius 3 is 2.59 bits per heavy atom. The highest BCUT2D eigenvalue weighted by molar-refractivity contribution is 14.0. The first-order valence-corrected chi connectivity index (χ1v) is 9.02. The third-order valence-electron chi connectivity index (χ3n) is 3.83. The number of nitrogens with zero attached hydrogens (tertiary/aromatic N) is 2. The van der Waals surface area contributed by atoms with Crippen LogP contribution < -0.4 is 20.1 Å². The van der Waals surface area contributed by atoms with Crippen LogP contribution in [-0.4, -0.2) is 31.4 Å². The summed E-state index contributed by atoms with van der Waals surface area (Å²) in [5, 5.41) is 10.2. The molecule has 29 heavy (non-hydrogen) atoms. The molecule has 2 rings (SSSR count). The molecule has 1 heterocycles. The molecule has 0 aliphatic carbocycles. The summed E-state index contributed by atoms with van der Waals surface area (Å²) >= 11 is 0. The summed E-state index contributed by atoms with van der Waals surface area (Å²) in [5.74, 6) is 2.06. The van der Waals surface area contributed by atoms with Crippen LogP contribution in [0.1, 0.15) is 43.7 Å². The van der Waals surface area contributed by atoms with E-state index < -0.39 is 6.61 Å². The van der Waals surface area contributed by atoms with Crippen molar-refractivity contribution in [2.75, 3.05) is 13.7 Å². The molecule has 0 radical (unpaired) electrons. The fourth-order valence-electron chi connectivity index (χ4n) is 2.38. The number of halogens is 3. The first kappa shape index (κ1) is 24.9. The number of aliphatic imine (C=N–C) groups is 1. The van der Waals surface area contributed by atoms with E-state index in [1.54, 1.807) is 12.1 Å². The van der Waals surface area contributed by atoms with Crippen molar-refractivity contribution >= 4 is 29.9 Å². The lowest BCUT2D eigenvalue weighted by molar-refractivity contribution is -0.0504. The van der Waals surface area contributed by atoms with Gasteiger partial charge in [0, 0.05) is 18.2 Å². The van der Waals surface area contributed by atoms with Gasteiger partial charge in [0.25, 0.3) is 0 Å². The molecule has 10 heteroatoms. The number of methoxy groups -OCH3 is 1. The van der Waals surface area contributed by atoms with Crippen molar-refractivity contribution in [3.05, 3.63) is 41.3 Å². The van der Waals surface area contributed by atoms with Gasteiger partial charge in [-0.1, -0.05) is 19.0 Å². The van der Waals surface area contributed by atoms with Crippen LogP contribution in [0.5, 0.6) is 11.5 Å². The zero-order chi connectivity index (χ0) is 20.5. The Kier molecular flexibility index (Phi) is 10.7. The van der Waals surface area contributed by atoms with Crippen molar-refractivity contribution in [2.24, 2.45) is 4.99 Å². The zero-order valence-electron chi connectivity index (χ0n) is 16.9. The molecule has 1 aromatic carbocycles. The number of alkyl halides is 2. The van der Waals surface area contributed by atoms with Gasteiger partial charge in [0.15, 0.2) is 11.7 Å². The molecule has 162 valence electrons. The van der Waals surface area contributed by atoms with Crippen LogP contribution in [0.15, 0.2) is 33.8 Å². The van der Waals surface area contributed by atoms with E-state index in [0.29, 0.717) is 36.1 Å². The second-order valence-electron chi connectivity index (χ2n) is 6.27. The number of aromatic nitrogens is 1. The summed E-state index contributed by atoms with van der Waals surface area (Å²) in [5.41, 5.74) is 1.36. The molecule has 0 unspecified atom stereocenters. The Hall–Kier alpha value is -2.11. The van der Waals surface area contributed by atoms with Crippen LogP contribution in [0, 0.1) is 0 Å². The number of hydrogen-bond acceptors (Lipinski definition) is 5. The lowest BCUT2D eigenvalue weighted by Crippen LogP contribution is -2.36. The summed E-state index contributed by atoms with van der Waals surface area (Å²) in [6.45, 7) is 4.25. The molecule has 2 N–H and O–H groups in total. The minimum Gasteiger partial charge on any atom is -0.497 e. The van der Waals surface area contributed by atoms with Crippen molar-refractivity contribution < 1.29 is 22.8 Å². The Morgan fingerprint density at radius 2 is 2.00 bits per heavy atom. The van der Waals surface area contributed by atoms with E-state index in [9.17, 15) is 8.78 Å². The average molecular weight is 524 g/mol. The van der Waals surface area contributed by atoms with E-state index in [2.05, 4.69) is 25.5 Å². The minimum atomic E-state index is -2.91. The number of hydrogen-bond donors (Lipinski definition) is 2. The van der Waals surface area contributed by atoms with Crippen LogP contribution in [0.25, 0.3) is 0 Å². The molecule has 0 saturated carbocycles. The highest BCUT2D eigenvalue weighted by atomic mass is 127. The van der Waals surface area contributed by atoms with Crippen LogP contribution in [0.2, 0.25) is 0 Å². The maximum absolute atomic E-state index is 12.6. The number of ether oxygens (including phenoxy) is 2. The summed E-state index contributed by atoms with van der Waals surface area (Å²) in [6, 6.07) is 6.51. The number of guanidine groups is 1. The van der Waals surface area contributed by atoms with Crippen LogP contribution >= 0.6 is 24.0 Å². The smallest absolute Gasteiger partial charge is 0.387 e. The maximum atomic E-state index is 12.6. The first-order chi connectivity index (χ1) is 13.4. The van der Waals surface area contributed by atoms with Crippen LogP contribution in [0.3, 0.4) is 0 Å². The molecule has 0 aliphatic rings. The second kappa shape index (κ2) is 12.5. The van der Waals surface area contributed by atoms with Gasteiger partial charge in [0.1, 0.15) is 11.5 Å². The van der Waals surface area contributed by atoms with Crippen LogP contribution in [0.4, 0.5) is 8.78 Å². The first-order valence-electron chi connectivity index (χ1n) is 9.02. The number of nitrogens with one attached hydrogen (secondary N) is 2. The summed E-state index contributed by atoms with van der Waals surface area (Å²) in [4.78, 5) is 4.44. The van der Waals surface area contributed by atoms with Crippen molar-refractivity contribution in [1.29, 1.82) is 0 Å². The topological polar surface area (TPSA) is 80.9 Å². The third kappa shape index (κ3) is 8.03. The van der Waals surface area contributed by atoms with Crippen molar-refractivity contribution in [2.45, 2.75) is 46.4 Å². The van der Waals surface area contributed by atoms with Gasteiger partial charge >= 0.3 is 6.61 Å². The van der Waals surface area contributed by atoms with Gasteiger partial charge in [-0.25, -0.2) is 4.99 Å². The van der Waals surface area contributed by atoms with Crippen molar-refractivity contribution in [1.82, 2.24) is 15.8 Å². The lowest BCUT2D eigenvalue weighted by atomic mass is 10.1. The molecule has 7 nitrogen and oxygen atoms in total. The minimum absolute atomic E-state index is 0. The van der Waals surface area contributed by atoms with Crippen molar-refractivity contribution in [3.8, 4) is 11.5 Å². The average Bonchev–Trinajstić information content (AvgIpc) is 3.14. The molecule has 2 aromatic rings. The standard InChI is InChI=1S/C19H26F2N4O3.HI/c1-5-22-19(24-11-15-9-16(12(2)3)25-28-15)23-10-13-8-14(26-4)6-7-17(13)27-18(20)21;/h6-9,12,18H,5,10-11H2,1-4H3,(H2,22,23,24);1H. The quantitative estimate of drug-likeness (QED) is 0.290. The highest BCUT2D eigenvalue weighted by Crippen LogP contribution is 2.26. The molecule has 1 aromatic heterocycles. The van der Waals surface area contributed by atoms with Crippen LogP contribution in [-0.2, 0) is 13.1 Å². The molecule has 0 amide bonds. The highest BCUT2D eigenvalue weighted by Gasteiger charge is 2.12. The van der Waals surface area contributed by atoms with E-state index >= 15 is 0 Å². The van der Waals surface area contributed by atoms with Crippen molar-refractivity contribution in [3.63, 3.8) is 0 Å². The number of rotatable bonds is 9. The molecule has 0 spiro atoms. The molecule has 0 saturated heterocycles. The van der Waals surface area contributed by atoms with E-state index in [0.717, 1.165) is 5.69 Å². The normalized spacial score (nSPS) is 11.4. The monoisotopic (exact) mass is 524 g/mol. The van der Waals surface area contributed by atoms with Gasteiger partial charge in [0.2, 0.25) is 0 Å². The predicted molar refractivity (Wildman–Crippen MR) is 117 cm³/mol. The SMILES string of the molecule is CCNC(=NCc1cc(OC)ccc1OC(F)F)NCc1cc(C(C)C)no1.I. The number of benzene rings is 1. The predicted octanol–water partition coefficient (Wildman–Crippen LogP) is 4.28. The Morgan fingerprint density at radius 1 is 1.24 bits per heavy atom. The largest absolute Gasteiger partial charge is 0.497 e. The molecular formula is C19H27F2IN4O3. The van der Waals surface area contributed by atoms with Gasteiger partial charge < -0.3 is 24.6 Å². The third-order valence-corrected chi connectivity index (χ3v) is 3.83. The molecule has 0 aliphatic heterocycles. The maximum Gasteiger partial charge on any atom is 0.387 e. The van der Waals surface area contributed by atoms with E-state index in [1.807, 2.05) is 26.8 Å². The van der Waals surface area contributed by atoms with Gasteiger partial charge in [-0.2, -0.15) is 8.78 Å². The van der Waals surface area contributed by atoms with Gasteiger partial charge in [0.05, 0.1) is 25.9 Å². The Labute approximate surface area is 186 Å². The van der Waals surface area contributed by atoms with E-state index in [-0.39, 0.29) is 42.2 Å². The fraction of sp³-hybridized carbons (Fsp3) is 0.474. The molecule has 0 atom stereocenters. The lowest BCUT2D eigenvalue weighted by Gasteiger charge is -2.13. The summed E-state index contributed by atoms with van der Waals surface area (Å²) in [7, 11) is 1.50. The second-order valence-corrected chi connectivity index (χ2v) is 6.27. The zero-order valence-corrected chi connectivity index (χ0v) is 19.2. The molecule has 0 bridgehead atoms. The Balaban J connectivity index is 0.00000420.